The van der Waals surface area contributed by atoms with Gasteiger partial charge in [0.15, 0.2) is 0 Å². The van der Waals surface area contributed by atoms with Gasteiger partial charge in [0, 0.05) is 37.2 Å². The number of aromatic nitrogens is 2. The van der Waals surface area contributed by atoms with E-state index in [-0.39, 0.29) is 30.3 Å². The molecule has 31 heavy (non-hydrogen) atoms. The molecular weight excluding hydrogens is 388 g/mol. The van der Waals surface area contributed by atoms with Crippen molar-refractivity contribution in [2.75, 3.05) is 18.0 Å². The summed E-state index contributed by atoms with van der Waals surface area (Å²) in [6.07, 6.45) is 2.14. The van der Waals surface area contributed by atoms with Crippen LogP contribution in [0, 0.1) is 0 Å². The number of rotatable bonds is 7. The zero-order valence-electron chi connectivity index (χ0n) is 18.1. The number of amides is 2. The van der Waals surface area contributed by atoms with Gasteiger partial charge in [-0.3, -0.25) is 9.59 Å². The van der Waals surface area contributed by atoms with Crippen LogP contribution < -0.4 is 4.90 Å². The Kier molecular flexibility index (Phi) is 5.89. The van der Waals surface area contributed by atoms with Crippen molar-refractivity contribution in [2.24, 2.45) is 0 Å². The van der Waals surface area contributed by atoms with E-state index in [1.54, 1.807) is 11.0 Å². The van der Waals surface area contributed by atoms with Gasteiger partial charge in [-0.2, -0.15) is 0 Å². The van der Waals surface area contributed by atoms with Crippen molar-refractivity contribution in [1.29, 1.82) is 0 Å². The molecule has 0 aliphatic carbocycles. The molecule has 1 unspecified atom stereocenters. The summed E-state index contributed by atoms with van der Waals surface area (Å²) in [5.41, 5.74) is 2.63. The van der Waals surface area contributed by atoms with Gasteiger partial charge in [0.05, 0.1) is 11.0 Å². The van der Waals surface area contributed by atoms with E-state index in [0.29, 0.717) is 19.5 Å². The van der Waals surface area contributed by atoms with E-state index in [1.807, 2.05) is 77.9 Å². The number of hydrogen-bond donors (Lipinski definition) is 0. The third-order valence-corrected chi connectivity index (χ3v) is 5.73. The van der Waals surface area contributed by atoms with Crippen molar-refractivity contribution >= 4 is 28.5 Å². The largest absolute Gasteiger partial charge is 0.338 e. The maximum atomic E-state index is 13.5. The Morgan fingerprint density at radius 3 is 2.61 bits per heavy atom. The summed E-state index contributed by atoms with van der Waals surface area (Å²) in [5.74, 6) is 0.851. The number of anilines is 1. The minimum absolute atomic E-state index is 0.00197. The lowest BCUT2D eigenvalue weighted by Gasteiger charge is -2.27. The van der Waals surface area contributed by atoms with E-state index >= 15 is 0 Å². The fourth-order valence-electron chi connectivity index (χ4n) is 4.38. The van der Waals surface area contributed by atoms with Crippen LogP contribution in [0.25, 0.3) is 11.0 Å². The number of carbonyl (C=O) groups excluding carboxylic acids is 2. The van der Waals surface area contributed by atoms with Gasteiger partial charge in [-0.25, -0.2) is 4.98 Å². The Hall–Kier alpha value is -3.41. The number of likely N-dealkylation sites (tertiary alicyclic amines) is 1. The smallest absolute Gasteiger partial charge is 0.247 e. The van der Waals surface area contributed by atoms with Gasteiger partial charge >= 0.3 is 0 Å². The van der Waals surface area contributed by atoms with Gasteiger partial charge in [0.2, 0.25) is 11.8 Å². The first-order valence-electron chi connectivity index (χ1n) is 10.7. The van der Waals surface area contributed by atoms with Crippen LogP contribution in [-0.4, -0.2) is 45.4 Å². The Morgan fingerprint density at radius 2 is 1.90 bits per heavy atom. The number of hydrogen-bond acceptors (Lipinski definition) is 3. The maximum Gasteiger partial charge on any atom is 0.247 e. The minimum Gasteiger partial charge on any atom is -0.338 e. The third-order valence-electron chi connectivity index (χ3n) is 5.73. The van der Waals surface area contributed by atoms with Crippen molar-refractivity contribution in [3.05, 3.63) is 73.1 Å². The lowest BCUT2D eigenvalue weighted by Crippen LogP contribution is -2.39. The van der Waals surface area contributed by atoms with E-state index in [0.717, 1.165) is 22.5 Å². The Balaban J connectivity index is 1.70. The molecule has 160 valence electrons. The highest BCUT2D eigenvalue weighted by atomic mass is 16.2. The molecule has 2 heterocycles. The topological polar surface area (TPSA) is 58.4 Å². The van der Waals surface area contributed by atoms with Gasteiger partial charge in [-0.15, -0.1) is 6.58 Å². The van der Waals surface area contributed by atoms with Gasteiger partial charge in [0.25, 0.3) is 0 Å². The van der Waals surface area contributed by atoms with Gasteiger partial charge in [-0.05, 0) is 38.1 Å². The fourth-order valence-corrected chi connectivity index (χ4v) is 4.38. The Bertz CT molecular complexity index is 1100. The van der Waals surface area contributed by atoms with E-state index in [2.05, 4.69) is 6.58 Å². The summed E-state index contributed by atoms with van der Waals surface area (Å²) in [7, 11) is 0. The van der Waals surface area contributed by atoms with Crippen LogP contribution in [0.2, 0.25) is 0 Å². The molecule has 0 radical (unpaired) electrons. The first-order valence-corrected chi connectivity index (χ1v) is 10.7. The highest BCUT2D eigenvalue weighted by Gasteiger charge is 2.34. The quantitative estimate of drug-likeness (QED) is 0.548. The number of fused-ring (bicyclic) bond motifs is 1. The van der Waals surface area contributed by atoms with Crippen LogP contribution in [0.4, 0.5) is 5.69 Å². The molecule has 1 aliphatic heterocycles. The summed E-state index contributed by atoms with van der Waals surface area (Å²) in [4.78, 5) is 34.4. The molecular formula is C25H28N4O2. The van der Waals surface area contributed by atoms with Crippen molar-refractivity contribution in [3.8, 4) is 0 Å². The summed E-state index contributed by atoms with van der Waals surface area (Å²) in [5, 5.41) is 0. The lowest BCUT2D eigenvalue weighted by atomic mass is 10.1. The number of nitrogens with zero attached hydrogens (tertiary/aromatic N) is 4. The highest BCUT2D eigenvalue weighted by molar-refractivity contribution is 5.94. The Morgan fingerprint density at radius 1 is 1.19 bits per heavy atom. The van der Waals surface area contributed by atoms with E-state index in [4.69, 9.17) is 4.98 Å². The molecule has 6 nitrogen and oxygen atoms in total. The average molecular weight is 417 g/mol. The van der Waals surface area contributed by atoms with Crippen LogP contribution in [0.15, 0.2) is 67.3 Å². The second-order valence-electron chi connectivity index (χ2n) is 8.23. The highest BCUT2D eigenvalue weighted by Crippen LogP contribution is 2.31. The van der Waals surface area contributed by atoms with Crippen LogP contribution in [0.5, 0.6) is 0 Å². The molecule has 1 atom stereocenters. The zero-order valence-corrected chi connectivity index (χ0v) is 18.1. The van der Waals surface area contributed by atoms with Crippen molar-refractivity contribution in [1.82, 2.24) is 14.5 Å². The molecule has 3 aromatic rings. The predicted octanol–water partition coefficient (Wildman–Crippen LogP) is 3.98. The van der Waals surface area contributed by atoms with E-state index in [9.17, 15) is 9.59 Å². The average Bonchev–Trinajstić information content (AvgIpc) is 3.30. The van der Waals surface area contributed by atoms with Crippen molar-refractivity contribution in [3.63, 3.8) is 0 Å². The third kappa shape index (κ3) is 4.10. The summed E-state index contributed by atoms with van der Waals surface area (Å²) in [6.45, 7) is 9.08. The summed E-state index contributed by atoms with van der Waals surface area (Å²) >= 11 is 0. The normalized spacial score (nSPS) is 16.3. The molecule has 0 saturated carbocycles. The van der Waals surface area contributed by atoms with Gasteiger partial charge < -0.3 is 14.4 Å². The van der Waals surface area contributed by atoms with E-state index < -0.39 is 0 Å². The number of imidazole rings is 1. The fraction of sp³-hybridized carbons (Fsp3) is 0.320. The van der Waals surface area contributed by atoms with Crippen LogP contribution >= 0.6 is 0 Å². The molecule has 2 amide bonds. The molecule has 1 saturated heterocycles. The monoisotopic (exact) mass is 416 g/mol. The van der Waals surface area contributed by atoms with Crippen molar-refractivity contribution < 1.29 is 9.59 Å². The van der Waals surface area contributed by atoms with Crippen LogP contribution in [-0.2, 0) is 16.1 Å². The first-order chi connectivity index (χ1) is 15.0. The molecule has 4 rings (SSSR count). The molecule has 0 spiro atoms. The van der Waals surface area contributed by atoms with Gasteiger partial charge in [-0.1, -0.05) is 36.4 Å². The molecule has 1 aliphatic rings. The maximum absolute atomic E-state index is 13.5. The molecule has 1 aromatic heterocycles. The van der Waals surface area contributed by atoms with E-state index in [1.165, 1.54) is 0 Å². The number of benzene rings is 2. The predicted molar refractivity (Wildman–Crippen MR) is 123 cm³/mol. The SMILES string of the molecule is C=CCN1CC(c2nc3ccccc3n2CC(=O)N(c2ccccc2)C(C)C)CC1=O. The molecule has 2 aromatic carbocycles. The van der Waals surface area contributed by atoms with Crippen LogP contribution in [0.1, 0.15) is 32.0 Å². The second kappa shape index (κ2) is 8.76. The number of carbonyl (C=O) groups is 2. The number of para-hydroxylation sites is 3. The molecule has 6 heteroatoms. The van der Waals surface area contributed by atoms with Crippen LogP contribution in [0.3, 0.4) is 0 Å². The molecule has 0 N–H and O–H groups in total. The summed E-state index contributed by atoms with van der Waals surface area (Å²) < 4.78 is 1.99. The Labute approximate surface area is 182 Å². The second-order valence-corrected chi connectivity index (χ2v) is 8.23. The van der Waals surface area contributed by atoms with Gasteiger partial charge in [0.1, 0.15) is 12.4 Å². The zero-order chi connectivity index (χ0) is 22.0. The minimum atomic E-state index is -0.0446. The lowest BCUT2D eigenvalue weighted by molar-refractivity contribution is -0.127. The molecule has 0 bridgehead atoms. The summed E-state index contributed by atoms with van der Waals surface area (Å²) in [6, 6.07) is 17.6. The molecule has 1 fully saturated rings. The standard InChI is InChI=1S/C25H28N4O2/c1-4-14-27-16-19(15-23(27)30)25-26-21-12-8-9-13-22(21)28(25)17-24(31)29(18(2)3)20-10-6-5-7-11-20/h4-13,18-19H,1,14-17H2,2-3H3. The van der Waals surface area contributed by atoms with Crippen molar-refractivity contribution in [2.45, 2.75) is 38.8 Å². The first kappa shape index (κ1) is 20.8.